The van der Waals surface area contributed by atoms with Gasteiger partial charge >= 0.3 is 10.4 Å². The fourth-order valence-electron chi connectivity index (χ4n) is 8.82. The first-order chi connectivity index (χ1) is 30.9. The fourth-order valence-corrected chi connectivity index (χ4v) is 9.33. The largest absolute Gasteiger partial charge is 0.397 e. The molecule has 8 unspecified atom stereocenters. The Hall–Kier alpha value is -0.940. The van der Waals surface area contributed by atoms with E-state index >= 15 is 0 Å². The molecular weight excluding hydrogens is 839 g/mol. The third kappa shape index (κ3) is 32.7. The van der Waals surface area contributed by atoms with Crippen molar-refractivity contribution in [1.82, 2.24) is 5.32 Å². The Morgan fingerprint density at radius 2 is 0.906 bits per heavy atom. The van der Waals surface area contributed by atoms with Crippen molar-refractivity contribution in [1.29, 1.82) is 0 Å². The highest BCUT2D eigenvalue weighted by Gasteiger charge is 2.48. The second-order valence-electron chi connectivity index (χ2n) is 19.0. The van der Waals surface area contributed by atoms with Gasteiger partial charge in [0.2, 0.25) is 5.91 Å². The number of carbonyl (C=O) groups excluding carboxylic acids is 1. The predicted octanol–water partition coefficient (Wildman–Crippen LogP) is 10.3. The molecule has 1 aliphatic heterocycles. The van der Waals surface area contributed by atoms with Gasteiger partial charge < -0.3 is 40.3 Å². The van der Waals surface area contributed by atoms with Crippen molar-refractivity contribution in [2.24, 2.45) is 0 Å². The molecule has 1 aliphatic rings. The minimum absolute atomic E-state index is 0.266. The minimum atomic E-state index is -5.11. The highest BCUT2D eigenvalue weighted by Crippen LogP contribution is 2.26. The minimum Gasteiger partial charge on any atom is -0.394 e. The molecule has 13 nitrogen and oxygen atoms in total. The molecule has 0 spiro atoms. The summed E-state index contributed by atoms with van der Waals surface area (Å²) in [6, 6.07) is -1.03. The average molecular weight is 938 g/mol. The van der Waals surface area contributed by atoms with Gasteiger partial charge in [-0.05, 0) is 12.8 Å². The van der Waals surface area contributed by atoms with Gasteiger partial charge in [-0.2, -0.15) is 8.42 Å². The summed E-state index contributed by atoms with van der Waals surface area (Å²) in [5.74, 6) is -0.664. The van der Waals surface area contributed by atoms with E-state index in [2.05, 4.69) is 23.3 Å². The van der Waals surface area contributed by atoms with Gasteiger partial charge in [0.1, 0.15) is 30.5 Å². The summed E-state index contributed by atoms with van der Waals surface area (Å²) in [6.45, 7) is 3.31. The molecule has 1 rings (SSSR count). The molecule has 0 bridgehead atoms. The Morgan fingerprint density at radius 3 is 1.25 bits per heavy atom. The van der Waals surface area contributed by atoms with E-state index in [1.807, 2.05) is 0 Å². The van der Waals surface area contributed by atoms with E-state index < -0.39 is 78.5 Å². The number of unbranched alkanes of at least 4 members (excludes halogenated alkanes) is 33. The molecular formula is C50H99NO12S. The second-order valence-corrected chi connectivity index (χ2v) is 20.0. The average Bonchev–Trinajstić information content (AvgIpc) is 3.27. The first-order valence-electron chi connectivity index (χ1n) is 26.5. The summed E-state index contributed by atoms with van der Waals surface area (Å²) >= 11 is 0. The van der Waals surface area contributed by atoms with Gasteiger partial charge in [0.25, 0.3) is 0 Å². The van der Waals surface area contributed by atoms with Gasteiger partial charge in [0, 0.05) is 0 Å². The molecule has 0 aromatic rings. The van der Waals surface area contributed by atoms with Crippen LogP contribution in [0.25, 0.3) is 0 Å². The van der Waals surface area contributed by atoms with Gasteiger partial charge in [-0.25, -0.2) is 4.18 Å². The van der Waals surface area contributed by atoms with Crippen LogP contribution in [0, 0.1) is 0 Å². The molecule has 8 atom stereocenters. The van der Waals surface area contributed by atoms with Crippen molar-refractivity contribution >= 4 is 16.3 Å². The predicted molar refractivity (Wildman–Crippen MR) is 256 cm³/mol. The maximum Gasteiger partial charge on any atom is 0.397 e. The molecule has 382 valence electrons. The number of hydrogen-bond acceptors (Lipinski definition) is 11. The number of carbonyl (C=O) groups is 1. The lowest BCUT2D eigenvalue weighted by Crippen LogP contribution is -2.61. The maximum atomic E-state index is 13.2. The van der Waals surface area contributed by atoms with Crippen molar-refractivity contribution in [3.05, 3.63) is 0 Å². The van der Waals surface area contributed by atoms with Crippen LogP contribution in [0.5, 0.6) is 0 Å². The third-order valence-electron chi connectivity index (χ3n) is 13.0. The third-order valence-corrected chi connectivity index (χ3v) is 13.5. The number of rotatable bonds is 46. The Morgan fingerprint density at radius 1 is 0.562 bits per heavy atom. The lowest BCUT2D eigenvalue weighted by molar-refractivity contribution is -0.298. The highest BCUT2D eigenvalue weighted by molar-refractivity contribution is 7.80. The van der Waals surface area contributed by atoms with Crippen molar-refractivity contribution in [3.8, 4) is 0 Å². The lowest BCUT2D eigenvalue weighted by Gasteiger charge is -2.41. The van der Waals surface area contributed by atoms with Crippen molar-refractivity contribution < 1.29 is 57.0 Å². The van der Waals surface area contributed by atoms with Gasteiger partial charge in [-0.1, -0.05) is 239 Å². The number of hydrogen-bond donors (Lipinski definition) is 7. The molecule has 0 aromatic carbocycles. The van der Waals surface area contributed by atoms with Crippen LogP contribution in [0.2, 0.25) is 0 Å². The summed E-state index contributed by atoms with van der Waals surface area (Å²) in [4.78, 5) is 13.2. The van der Waals surface area contributed by atoms with Crippen LogP contribution in [0.4, 0.5) is 0 Å². The van der Waals surface area contributed by atoms with E-state index in [0.717, 1.165) is 38.5 Å². The summed E-state index contributed by atoms with van der Waals surface area (Å²) in [5.41, 5.74) is 0. The molecule has 7 N–H and O–H groups in total. The van der Waals surface area contributed by atoms with E-state index in [0.29, 0.717) is 19.3 Å². The zero-order valence-electron chi connectivity index (χ0n) is 40.7. The Bertz CT molecular complexity index is 1170. The summed E-state index contributed by atoms with van der Waals surface area (Å²) in [6.07, 6.45) is 32.8. The first-order valence-corrected chi connectivity index (χ1v) is 27.9. The Balaban J connectivity index is 2.45. The molecule has 64 heavy (non-hydrogen) atoms. The van der Waals surface area contributed by atoms with Crippen molar-refractivity contribution in [2.45, 2.75) is 300 Å². The summed E-state index contributed by atoms with van der Waals surface area (Å²) in [7, 11) is -5.11. The molecule has 0 aromatic heterocycles. The van der Waals surface area contributed by atoms with Crippen molar-refractivity contribution in [3.63, 3.8) is 0 Å². The zero-order valence-corrected chi connectivity index (χ0v) is 41.6. The van der Waals surface area contributed by atoms with E-state index in [4.69, 9.17) is 9.47 Å². The molecule has 1 heterocycles. The first kappa shape index (κ1) is 61.1. The molecule has 0 saturated carbocycles. The molecule has 1 saturated heterocycles. The van der Waals surface area contributed by atoms with Gasteiger partial charge in [-0.3, -0.25) is 9.35 Å². The van der Waals surface area contributed by atoms with E-state index in [1.54, 1.807) is 0 Å². The number of aliphatic hydroxyl groups is 5. The molecule has 1 amide bonds. The van der Waals surface area contributed by atoms with Crippen LogP contribution in [-0.2, 0) is 28.9 Å². The number of ether oxygens (including phenoxy) is 2. The van der Waals surface area contributed by atoms with E-state index in [1.165, 1.54) is 173 Å². The molecule has 1 fully saturated rings. The smallest absolute Gasteiger partial charge is 0.394 e. The summed E-state index contributed by atoms with van der Waals surface area (Å²) in [5, 5.41) is 55.6. The highest BCUT2D eigenvalue weighted by atomic mass is 32.3. The van der Waals surface area contributed by atoms with Crippen LogP contribution in [-0.4, -0.2) is 107 Å². The monoisotopic (exact) mass is 938 g/mol. The van der Waals surface area contributed by atoms with E-state index in [9.17, 15) is 43.3 Å². The Kier molecular flexibility index (Phi) is 39.2. The van der Waals surface area contributed by atoms with Crippen LogP contribution < -0.4 is 5.32 Å². The van der Waals surface area contributed by atoms with Gasteiger partial charge in [0.15, 0.2) is 6.29 Å². The maximum absolute atomic E-state index is 13.2. The molecule has 0 radical (unpaired) electrons. The molecule has 0 aliphatic carbocycles. The second kappa shape index (κ2) is 41.1. The summed E-state index contributed by atoms with van der Waals surface area (Å²) < 4.78 is 47.7. The number of aliphatic hydroxyl groups excluding tert-OH is 5. The van der Waals surface area contributed by atoms with Crippen LogP contribution in [0.3, 0.4) is 0 Å². The Labute approximate surface area is 390 Å². The van der Waals surface area contributed by atoms with Gasteiger partial charge in [-0.15, -0.1) is 0 Å². The lowest BCUT2D eigenvalue weighted by atomic mass is 9.99. The van der Waals surface area contributed by atoms with Crippen LogP contribution >= 0.6 is 0 Å². The van der Waals surface area contributed by atoms with Crippen LogP contribution in [0.15, 0.2) is 0 Å². The number of nitrogens with one attached hydrogen (secondary N) is 1. The quantitative estimate of drug-likeness (QED) is 0.0224. The standard InChI is InChI=1S/C50H99NO12S/c1-3-5-7-9-11-13-15-17-19-20-21-22-23-24-25-27-28-30-32-34-36-38-43(53)42(41-61-50-47(56)48(63-64(58,59)60)46(55)45(40-52)62-50)51-49(57)44(54)39-37-35-33-31-29-26-18-16-14-12-10-8-6-4-2/h42-48,50,52-56H,3-41H2,1-2H3,(H,51,57)(H,58,59,60). The zero-order chi connectivity index (χ0) is 47.1. The van der Waals surface area contributed by atoms with Gasteiger partial charge in [0.05, 0.1) is 25.4 Å². The normalized spacial score (nSPS) is 20.7. The van der Waals surface area contributed by atoms with Crippen molar-refractivity contribution in [2.75, 3.05) is 13.2 Å². The molecule has 14 heteroatoms. The SMILES string of the molecule is CCCCCCCCCCCCCCCCCCCCCCCC(O)C(COC1OC(CO)C(O)C(OS(=O)(=O)O)C1O)NC(=O)C(O)CCCCCCCCCCCCCCCC. The van der Waals surface area contributed by atoms with Crippen LogP contribution in [0.1, 0.15) is 251 Å². The fraction of sp³-hybridized carbons (Fsp3) is 0.980. The topological polar surface area (TPSA) is 212 Å². The number of amides is 1. The van der Waals surface area contributed by atoms with E-state index in [-0.39, 0.29) is 6.42 Å².